The van der Waals surface area contributed by atoms with Crippen LogP contribution in [0.15, 0.2) is 54.9 Å². The second kappa shape index (κ2) is 9.78. The van der Waals surface area contributed by atoms with Crippen LogP contribution in [0.2, 0.25) is 0 Å². The van der Waals surface area contributed by atoms with Gasteiger partial charge in [-0.15, -0.1) is 0 Å². The quantitative estimate of drug-likeness (QED) is 0.484. The summed E-state index contributed by atoms with van der Waals surface area (Å²) >= 11 is 0. The molecule has 2 aromatic heterocycles. The predicted octanol–water partition coefficient (Wildman–Crippen LogP) is 3.38. The van der Waals surface area contributed by atoms with Gasteiger partial charge in [-0.1, -0.05) is 18.2 Å². The number of amides is 2. The Morgan fingerprint density at radius 1 is 1.18 bits per heavy atom. The maximum atomic E-state index is 12.6. The van der Waals surface area contributed by atoms with Crippen molar-refractivity contribution in [1.82, 2.24) is 19.5 Å². The highest BCUT2D eigenvalue weighted by Crippen LogP contribution is 2.33. The van der Waals surface area contributed by atoms with Crippen molar-refractivity contribution in [2.75, 3.05) is 17.7 Å². The van der Waals surface area contributed by atoms with E-state index in [1.54, 1.807) is 36.5 Å². The number of nitrogens with two attached hydrogens (primary N) is 2. The Labute approximate surface area is 198 Å². The van der Waals surface area contributed by atoms with E-state index in [0.717, 1.165) is 31.4 Å². The Morgan fingerprint density at radius 2 is 1.94 bits per heavy atom. The van der Waals surface area contributed by atoms with Gasteiger partial charge in [0.05, 0.1) is 6.04 Å². The molecule has 34 heavy (non-hydrogen) atoms. The summed E-state index contributed by atoms with van der Waals surface area (Å²) in [6.45, 7) is 4.79. The third kappa shape index (κ3) is 4.63. The van der Waals surface area contributed by atoms with Crippen molar-refractivity contribution in [3.8, 4) is 11.3 Å². The van der Waals surface area contributed by atoms with Crippen LogP contribution in [0.5, 0.6) is 0 Å². The topological polar surface area (TPSA) is 132 Å². The summed E-state index contributed by atoms with van der Waals surface area (Å²) in [5.41, 5.74) is 8.33. The Bertz CT molecular complexity index is 1230. The SMILES string of the molecule is CC=CN1CCCC[C@H]1c1nc(-c2ccc(C(=O)Nc3cc(C)ccn3)cc2)c(C(N)=O)n1N. The van der Waals surface area contributed by atoms with Crippen LogP contribution in [-0.4, -0.2) is 37.9 Å². The van der Waals surface area contributed by atoms with Crippen LogP contribution < -0.4 is 16.9 Å². The predicted molar refractivity (Wildman–Crippen MR) is 131 cm³/mol. The molecule has 0 unspecified atom stereocenters. The molecule has 0 bridgehead atoms. The average Bonchev–Trinajstić information content (AvgIpc) is 3.17. The average molecular weight is 460 g/mol. The molecule has 0 spiro atoms. The lowest BCUT2D eigenvalue weighted by atomic mass is 10.0. The minimum Gasteiger partial charge on any atom is -0.368 e. The van der Waals surface area contributed by atoms with Crippen LogP contribution >= 0.6 is 0 Å². The number of nitrogen functional groups attached to an aromatic ring is 1. The number of carbonyl (C=O) groups is 2. The number of likely N-dealkylation sites (tertiary alicyclic amines) is 1. The summed E-state index contributed by atoms with van der Waals surface area (Å²) < 4.78 is 1.31. The Morgan fingerprint density at radius 3 is 2.62 bits per heavy atom. The first-order valence-corrected chi connectivity index (χ1v) is 11.3. The molecule has 0 saturated carbocycles. The van der Waals surface area contributed by atoms with Gasteiger partial charge in [-0.3, -0.25) is 9.59 Å². The largest absolute Gasteiger partial charge is 0.368 e. The minimum absolute atomic E-state index is 0.0475. The van der Waals surface area contributed by atoms with Crippen molar-refractivity contribution in [3.63, 3.8) is 0 Å². The molecule has 3 aromatic rings. The number of primary amides is 1. The number of carbonyl (C=O) groups excluding carboxylic acids is 2. The first-order chi connectivity index (χ1) is 16.4. The number of pyridine rings is 1. The maximum Gasteiger partial charge on any atom is 0.269 e. The molecule has 3 heterocycles. The Hall–Kier alpha value is -4.14. The van der Waals surface area contributed by atoms with E-state index in [-0.39, 0.29) is 17.6 Å². The molecule has 1 aliphatic rings. The number of aryl methyl sites for hydroxylation is 1. The minimum atomic E-state index is -0.656. The van der Waals surface area contributed by atoms with E-state index >= 15 is 0 Å². The molecule has 0 aliphatic carbocycles. The molecule has 1 aromatic carbocycles. The number of imidazole rings is 1. The number of hydrogen-bond acceptors (Lipinski definition) is 6. The number of allylic oxidation sites excluding steroid dienone is 1. The van der Waals surface area contributed by atoms with Crippen molar-refractivity contribution < 1.29 is 9.59 Å². The van der Waals surface area contributed by atoms with Crippen LogP contribution in [0.4, 0.5) is 5.82 Å². The summed E-state index contributed by atoms with van der Waals surface area (Å²) in [5, 5.41) is 2.79. The highest BCUT2D eigenvalue weighted by molar-refractivity contribution is 6.04. The molecule has 1 atom stereocenters. The molecule has 9 heteroatoms. The highest BCUT2D eigenvalue weighted by Gasteiger charge is 2.30. The summed E-state index contributed by atoms with van der Waals surface area (Å²) in [7, 11) is 0. The molecule has 2 amide bonds. The third-order valence-corrected chi connectivity index (χ3v) is 5.93. The highest BCUT2D eigenvalue weighted by atomic mass is 16.2. The van der Waals surface area contributed by atoms with Crippen molar-refractivity contribution in [3.05, 3.63) is 77.5 Å². The van der Waals surface area contributed by atoms with E-state index in [4.69, 9.17) is 16.6 Å². The lowest BCUT2D eigenvalue weighted by Crippen LogP contribution is -2.33. The maximum absolute atomic E-state index is 12.6. The standard InChI is InChI=1S/C25H29N7O2/c1-3-13-31-14-5-4-6-19(31)24-30-21(22(23(26)33)32(24)27)17-7-9-18(10-8-17)25(34)29-20-15-16(2)11-12-28-20/h3,7-13,15,19H,4-6,14,27H2,1-2H3,(H2,26,33)(H,28,29,34)/t19-/m0/s1. The lowest BCUT2D eigenvalue weighted by molar-refractivity contribution is 0.0990. The van der Waals surface area contributed by atoms with Crippen molar-refractivity contribution in [1.29, 1.82) is 0 Å². The zero-order valence-electron chi connectivity index (χ0n) is 19.4. The van der Waals surface area contributed by atoms with Crippen LogP contribution in [-0.2, 0) is 0 Å². The van der Waals surface area contributed by atoms with E-state index in [0.29, 0.717) is 28.5 Å². The fourth-order valence-corrected chi connectivity index (χ4v) is 4.30. The molecule has 9 nitrogen and oxygen atoms in total. The number of rotatable bonds is 6. The Kier molecular flexibility index (Phi) is 6.62. The number of piperidine rings is 1. The fourth-order valence-electron chi connectivity index (χ4n) is 4.30. The molecule has 4 rings (SSSR count). The zero-order valence-corrected chi connectivity index (χ0v) is 19.4. The van der Waals surface area contributed by atoms with Crippen molar-refractivity contribution in [2.24, 2.45) is 5.73 Å². The number of hydrogen-bond donors (Lipinski definition) is 3. The van der Waals surface area contributed by atoms with Crippen molar-refractivity contribution >= 4 is 17.6 Å². The number of nitrogens with one attached hydrogen (secondary N) is 1. The van der Waals surface area contributed by atoms with Gasteiger partial charge in [0.2, 0.25) is 0 Å². The second-order valence-electron chi connectivity index (χ2n) is 8.38. The fraction of sp³-hybridized carbons (Fsp3) is 0.280. The molecular formula is C25H29N7O2. The van der Waals surface area contributed by atoms with Crippen LogP contribution in [0.1, 0.15) is 64.5 Å². The smallest absolute Gasteiger partial charge is 0.269 e. The molecule has 1 aliphatic heterocycles. The lowest BCUT2D eigenvalue weighted by Gasteiger charge is -2.34. The van der Waals surface area contributed by atoms with E-state index in [1.165, 1.54) is 4.68 Å². The Balaban J connectivity index is 1.64. The van der Waals surface area contributed by atoms with E-state index in [1.807, 2.05) is 32.2 Å². The zero-order chi connectivity index (χ0) is 24.2. The van der Waals surface area contributed by atoms with Crippen LogP contribution in [0.25, 0.3) is 11.3 Å². The van der Waals surface area contributed by atoms with Gasteiger partial charge in [0, 0.05) is 23.9 Å². The number of nitrogens with zero attached hydrogens (tertiary/aromatic N) is 4. The van der Waals surface area contributed by atoms with Crippen molar-refractivity contribution in [2.45, 2.75) is 39.2 Å². The van der Waals surface area contributed by atoms with Gasteiger partial charge in [0.25, 0.3) is 11.8 Å². The van der Waals surface area contributed by atoms with Gasteiger partial charge in [-0.05, 0) is 69.1 Å². The molecule has 1 saturated heterocycles. The third-order valence-electron chi connectivity index (χ3n) is 5.93. The summed E-state index contributed by atoms with van der Waals surface area (Å²) in [5.74, 6) is 6.47. The van der Waals surface area contributed by atoms with Gasteiger partial charge in [-0.2, -0.15) is 0 Å². The first-order valence-electron chi connectivity index (χ1n) is 11.3. The first kappa shape index (κ1) is 23.0. The monoisotopic (exact) mass is 459 g/mol. The van der Waals surface area contributed by atoms with Crippen LogP contribution in [0.3, 0.4) is 0 Å². The molecular weight excluding hydrogens is 430 g/mol. The normalized spacial score (nSPS) is 16.1. The molecule has 1 fully saturated rings. The second-order valence-corrected chi connectivity index (χ2v) is 8.38. The molecule has 176 valence electrons. The summed E-state index contributed by atoms with van der Waals surface area (Å²) in [6, 6.07) is 10.4. The number of aromatic nitrogens is 3. The van der Waals surface area contributed by atoms with Gasteiger partial charge < -0.3 is 21.8 Å². The van der Waals surface area contributed by atoms with E-state index in [2.05, 4.69) is 15.2 Å². The number of anilines is 1. The van der Waals surface area contributed by atoms with Gasteiger partial charge in [-0.25, -0.2) is 14.6 Å². The summed E-state index contributed by atoms with van der Waals surface area (Å²) in [4.78, 5) is 36.1. The number of benzene rings is 1. The van der Waals surface area contributed by atoms with Gasteiger partial charge in [0.1, 0.15) is 11.5 Å². The van der Waals surface area contributed by atoms with Gasteiger partial charge in [0.15, 0.2) is 11.5 Å². The van der Waals surface area contributed by atoms with E-state index < -0.39 is 5.91 Å². The summed E-state index contributed by atoms with van der Waals surface area (Å²) in [6.07, 6.45) is 8.66. The molecule has 5 N–H and O–H groups in total. The van der Waals surface area contributed by atoms with Crippen LogP contribution in [0, 0.1) is 6.92 Å². The van der Waals surface area contributed by atoms with Gasteiger partial charge >= 0.3 is 0 Å². The molecule has 0 radical (unpaired) electrons. The van der Waals surface area contributed by atoms with E-state index in [9.17, 15) is 9.59 Å².